The van der Waals surface area contributed by atoms with Crippen molar-refractivity contribution < 1.29 is 9.84 Å². The van der Waals surface area contributed by atoms with Crippen molar-refractivity contribution >= 4 is 0 Å². The Balaban J connectivity index is 2.36. The maximum absolute atomic E-state index is 10.1. The summed E-state index contributed by atoms with van der Waals surface area (Å²) in [6.45, 7) is 2.49. The minimum Gasteiger partial charge on any atom is -0.504 e. The van der Waals surface area contributed by atoms with Crippen LogP contribution in [0.25, 0.3) is 0 Å². The molecule has 1 aromatic carbocycles. The molecule has 3 nitrogen and oxygen atoms in total. The standard InChI is InChI=1S/C12H17NO2/c1-3-15-10-6-4-5-9(11(10)14)12(13-2)7-8-12/h4-6,13-14H,3,7-8H2,1-2H3. The molecule has 0 aromatic heterocycles. The van der Waals surface area contributed by atoms with Crippen molar-refractivity contribution in [2.75, 3.05) is 13.7 Å². The van der Waals surface area contributed by atoms with Crippen molar-refractivity contribution in [1.82, 2.24) is 5.32 Å². The third kappa shape index (κ3) is 1.67. The molecular weight excluding hydrogens is 190 g/mol. The summed E-state index contributed by atoms with van der Waals surface area (Å²) in [5, 5.41) is 13.3. The fourth-order valence-corrected chi connectivity index (χ4v) is 1.96. The van der Waals surface area contributed by atoms with Gasteiger partial charge in [0, 0.05) is 11.1 Å². The van der Waals surface area contributed by atoms with Gasteiger partial charge >= 0.3 is 0 Å². The SMILES string of the molecule is CCOc1cccc(C2(NC)CC2)c1O. The van der Waals surface area contributed by atoms with Gasteiger partial charge in [-0.3, -0.25) is 0 Å². The second-order valence-corrected chi connectivity index (χ2v) is 3.92. The third-order valence-corrected chi connectivity index (χ3v) is 3.04. The average molecular weight is 207 g/mol. The topological polar surface area (TPSA) is 41.5 Å². The van der Waals surface area contributed by atoms with Gasteiger partial charge in [-0.05, 0) is 32.9 Å². The summed E-state index contributed by atoms with van der Waals surface area (Å²) < 4.78 is 5.37. The number of nitrogens with one attached hydrogen (secondary N) is 1. The molecule has 0 amide bonds. The molecule has 1 aromatic rings. The van der Waals surface area contributed by atoms with E-state index in [4.69, 9.17) is 4.74 Å². The molecule has 0 unspecified atom stereocenters. The van der Waals surface area contributed by atoms with Crippen LogP contribution in [0.4, 0.5) is 0 Å². The number of hydrogen-bond acceptors (Lipinski definition) is 3. The molecule has 1 saturated carbocycles. The highest BCUT2D eigenvalue weighted by Crippen LogP contribution is 2.50. The van der Waals surface area contributed by atoms with Gasteiger partial charge in [-0.15, -0.1) is 0 Å². The maximum atomic E-state index is 10.1. The van der Waals surface area contributed by atoms with Crippen LogP contribution in [0.2, 0.25) is 0 Å². The second kappa shape index (κ2) is 3.74. The van der Waals surface area contributed by atoms with Gasteiger partial charge in [0.05, 0.1) is 6.61 Å². The Bertz CT molecular complexity index is 359. The van der Waals surface area contributed by atoms with E-state index < -0.39 is 0 Å². The number of aromatic hydroxyl groups is 1. The summed E-state index contributed by atoms with van der Waals surface area (Å²) >= 11 is 0. The van der Waals surface area contributed by atoms with E-state index in [-0.39, 0.29) is 11.3 Å². The van der Waals surface area contributed by atoms with Gasteiger partial charge in [-0.2, -0.15) is 0 Å². The van der Waals surface area contributed by atoms with Gasteiger partial charge in [0.2, 0.25) is 0 Å². The number of rotatable bonds is 4. The molecule has 0 radical (unpaired) electrons. The molecule has 3 heteroatoms. The zero-order valence-corrected chi connectivity index (χ0v) is 9.21. The fourth-order valence-electron chi connectivity index (χ4n) is 1.96. The number of phenols is 1. The number of para-hydroxylation sites is 1. The summed E-state index contributed by atoms with van der Waals surface area (Å²) in [5.41, 5.74) is 0.938. The molecule has 0 heterocycles. The minimum absolute atomic E-state index is 0.0167. The highest BCUT2D eigenvalue weighted by atomic mass is 16.5. The maximum Gasteiger partial charge on any atom is 0.162 e. The van der Waals surface area contributed by atoms with Crippen LogP contribution < -0.4 is 10.1 Å². The van der Waals surface area contributed by atoms with Crippen LogP contribution in [0.5, 0.6) is 11.5 Å². The molecule has 2 N–H and O–H groups in total. The minimum atomic E-state index is -0.0167. The molecule has 0 aliphatic heterocycles. The van der Waals surface area contributed by atoms with Gasteiger partial charge in [-0.25, -0.2) is 0 Å². The first-order valence-electron chi connectivity index (χ1n) is 5.37. The smallest absolute Gasteiger partial charge is 0.162 e. The summed E-state index contributed by atoms with van der Waals surface area (Å²) in [4.78, 5) is 0. The Morgan fingerprint density at radius 2 is 2.20 bits per heavy atom. The quantitative estimate of drug-likeness (QED) is 0.793. The zero-order valence-electron chi connectivity index (χ0n) is 9.21. The predicted molar refractivity (Wildman–Crippen MR) is 59.2 cm³/mol. The highest BCUT2D eigenvalue weighted by Gasteiger charge is 2.44. The van der Waals surface area contributed by atoms with Crippen molar-refractivity contribution in [1.29, 1.82) is 0 Å². The monoisotopic (exact) mass is 207 g/mol. The summed E-state index contributed by atoms with van der Waals surface area (Å²) in [5.74, 6) is 0.864. The van der Waals surface area contributed by atoms with E-state index in [2.05, 4.69) is 5.32 Å². The third-order valence-electron chi connectivity index (χ3n) is 3.04. The molecule has 0 saturated heterocycles. The van der Waals surface area contributed by atoms with Crippen LogP contribution in [0.1, 0.15) is 25.3 Å². The molecule has 0 atom stereocenters. The van der Waals surface area contributed by atoms with Crippen molar-refractivity contribution in [2.45, 2.75) is 25.3 Å². The van der Waals surface area contributed by atoms with Crippen molar-refractivity contribution in [2.24, 2.45) is 0 Å². The van der Waals surface area contributed by atoms with Crippen molar-refractivity contribution in [3.63, 3.8) is 0 Å². The first-order chi connectivity index (χ1) is 7.23. The van der Waals surface area contributed by atoms with Crippen LogP contribution in [-0.4, -0.2) is 18.8 Å². The molecule has 1 aliphatic carbocycles. The molecule has 15 heavy (non-hydrogen) atoms. The van der Waals surface area contributed by atoms with E-state index in [0.717, 1.165) is 18.4 Å². The van der Waals surface area contributed by atoms with Gasteiger partial charge in [0.25, 0.3) is 0 Å². The predicted octanol–water partition coefficient (Wildman–Crippen LogP) is 2.00. The molecule has 0 spiro atoms. The lowest BCUT2D eigenvalue weighted by molar-refractivity contribution is 0.314. The van der Waals surface area contributed by atoms with Gasteiger partial charge in [-0.1, -0.05) is 12.1 Å². The average Bonchev–Trinajstić information content (AvgIpc) is 3.02. The Kier molecular flexibility index (Phi) is 2.57. The first kappa shape index (κ1) is 10.3. The van der Waals surface area contributed by atoms with Crippen LogP contribution in [0.3, 0.4) is 0 Å². The molecule has 2 rings (SSSR count). The van der Waals surface area contributed by atoms with Gasteiger partial charge in [0.1, 0.15) is 0 Å². The summed E-state index contributed by atoms with van der Waals surface area (Å²) in [6.07, 6.45) is 2.15. The largest absolute Gasteiger partial charge is 0.504 e. The van der Waals surface area contributed by atoms with E-state index in [1.165, 1.54) is 0 Å². The van der Waals surface area contributed by atoms with Gasteiger partial charge < -0.3 is 15.2 Å². The molecular formula is C12H17NO2. The van der Waals surface area contributed by atoms with E-state index in [0.29, 0.717) is 12.4 Å². The highest BCUT2D eigenvalue weighted by molar-refractivity contribution is 5.50. The Morgan fingerprint density at radius 1 is 1.47 bits per heavy atom. The lowest BCUT2D eigenvalue weighted by Crippen LogP contribution is -2.24. The Labute approximate surface area is 90.1 Å². The van der Waals surface area contributed by atoms with Crippen molar-refractivity contribution in [3.8, 4) is 11.5 Å². The van der Waals surface area contributed by atoms with Crippen LogP contribution >= 0.6 is 0 Å². The number of phenolic OH excluding ortho intramolecular Hbond substituents is 1. The van der Waals surface area contributed by atoms with E-state index in [1.54, 1.807) is 6.07 Å². The Morgan fingerprint density at radius 3 is 2.73 bits per heavy atom. The molecule has 1 aliphatic rings. The summed E-state index contributed by atoms with van der Waals surface area (Å²) in [7, 11) is 1.93. The fraction of sp³-hybridized carbons (Fsp3) is 0.500. The molecule has 1 fully saturated rings. The van der Waals surface area contributed by atoms with E-state index in [9.17, 15) is 5.11 Å². The van der Waals surface area contributed by atoms with Crippen LogP contribution in [-0.2, 0) is 5.54 Å². The van der Waals surface area contributed by atoms with E-state index >= 15 is 0 Å². The summed E-state index contributed by atoms with van der Waals surface area (Å²) in [6, 6.07) is 5.69. The Hall–Kier alpha value is -1.22. The normalized spacial score (nSPS) is 17.5. The molecule has 82 valence electrons. The first-order valence-corrected chi connectivity index (χ1v) is 5.37. The van der Waals surface area contributed by atoms with Crippen LogP contribution in [0.15, 0.2) is 18.2 Å². The van der Waals surface area contributed by atoms with Crippen molar-refractivity contribution in [3.05, 3.63) is 23.8 Å². The lowest BCUT2D eigenvalue weighted by Gasteiger charge is -2.17. The van der Waals surface area contributed by atoms with Gasteiger partial charge in [0.15, 0.2) is 11.5 Å². The van der Waals surface area contributed by atoms with E-state index in [1.807, 2.05) is 26.1 Å². The number of ether oxygens (including phenoxy) is 1. The lowest BCUT2D eigenvalue weighted by atomic mass is 10.0. The second-order valence-electron chi connectivity index (χ2n) is 3.92. The zero-order chi connectivity index (χ0) is 10.9. The number of benzene rings is 1. The number of hydrogen-bond donors (Lipinski definition) is 2. The van der Waals surface area contributed by atoms with Crippen LogP contribution in [0, 0.1) is 0 Å². The molecule has 0 bridgehead atoms.